The molecule has 1 aromatic carbocycles. The Bertz CT molecular complexity index is 454. The minimum absolute atomic E-state index is 0.167. The minimum atomic E-state index is 0.167. The molecule has 0 saturated carbocycles. The summed E-state index contributed by atoms with van der Waals surface area (Å²) in [6.45, 7) is 5.39. The van der Waals surface area contributed by atoms with E-state index >= 15 is 0 Å². The highest BCUT2D eigenvalue weighted by atomic mass is 79.9. The van der Waals surface area contributed by atoms with Crippen LogP contribution in [0, 0.1) is 0 Å². The van der Waals surface area contributed by atoms with Gasteiger partial charge in [-0.2, -0.15) is 0 Å². The van der Waals surface area contributed by atoms with Gasteiger partial charge in [-0.25, -0.2) is 0 Å². The number of hydrogen-bond donors (Lipinski definition) is 1. The number of methoxy groups -OCH3 is 1. The normalized spacial score (nSPS) is 21.2. The van der Waals surface area contributed by atoms with E-state index in [0.29, 0.717) is 12.6 Å². The lowest BCUT2D eigenvalue weighted by atomic mass is 9.99. The van der Waals surface area contributed by atoms with Crippen LogP contribution in [0.25, 0.3) is 0 Å². The van der Waals surface area contributed by atoms with E-state index in [1.54, 1.807) is 7.11 Å². The lowest BCUT2D eigenvalue weighted by Crippen LogP contribution is -2.44. The van der Waals surface area contributed by atoms with Crippen molar-refractivity contribution >= 4 is 15.9 Å². The van der Waals surface area contributed by atoms with E-state index in [4.69, 9.17) is 15.2 Å². The number of hydrogen-bond acceptors (Lipinski definition) is 4. The molecule has 0 aromatic heterocycles. The van der Waals surface area contributed by atoms with Crippen LogP contribution < -0.4 is 10.5 Å². The second-order valence-corrected chi connectivity index (χ2v) is 6.27. The van der Waals surface area contributed by atoms with Gasteiger partial charge in [0.2, 0.25) is 0 Å². The molecule has 0 bridgehead atoms. The Hall–Kier alpha value is -0.620. The van der Waals surface area contributed by atoms with Gasteiger partial charge in [0.1, 0.15) is 5.75 Å². The molecule has 1 aromatic rings. The van der Waals surface area contributed by atoms with Gasteiger partial charge in [0.05, 0.1) is 19.3 Å². The molecule has 21 heavy (non-hydrogen) atoms. The number of halogens is 1. The average molecular weight is 357 g/mol. The molecule has 1 heterocycles. The van der Waals surface area contributed by atoms with Gasteiger partial charge in [-0.1, -0.05) is 15.9 Å². The van der Waals surface area contributed by atoms with E-state index in [2.05, 4.69) is 33.8 Å². The molecule has 0 amide bonds. The van der Waals surface area contributed by atoms with Crippen LogP contribution in [0.4, 0.5) is 0 Å². The summed E-state index contributed by atoms with van der Waals surface area (Å²) in [4.78, 5) is 2.42. The zero-order chi connectivity index (χ0) is 15.2. The summed E-state index contributed by atoms with van der Waals surface area (Å²) in [7, 11) is 1.71. The maximum Gasteiger partial charge on any atom is 0.123 e. The third-order valence-corrected chi connectivity index (χ3v) is 4.52. The molecule has 0 radical (unpaired) electrons. The van der Waals surface area contributed by atoms with Crippen LogP contribution in [0.3, 0.4) is 0 Å². The zero-order valence-corrected chi connectivity index (χ0v) is 14.4. The van der Waals surface area contributed by atoms with Crippen molar-refractivity contribution in [2.24, 2.45) is 5.73 Å². The maximum absolute atomic E-state index is 6.08. The highest BCUT2D eigenvalue weighted by molar-refractivity contribution is 9.10. The summed E-state index contributed by atoms with van der Waals surface area (Å²) in [5.74, 6) is 0.896. The van der Waals surface area contributed by atoms with Crippen LogP contribution >= 0.6 is 15.9 Å². The van der Waals surface area contributed by atoms with Crippen LogP contribution in [-0.4, -0.2) is 44.4 Å². The number of ether oxygens (including phenoxy) is 2. The number of likely N-dealkylation sites (tertiary alicyclic amines) is 1. The Morgan fingerprint density at radius 3 is 2.95 bits per heavy atom. The molecule has 2 unspecified atom stereocenters. The number of nitrogens with two attached hydrogens (primary N) is 1. The Balaban J connectivity index is 2.20. The summed E-state index contributed by atoms with van der Waals surface area (Å²) in [5.41, 5.74) is 7.22. The largest absolute Gasteiger partial charge is 0.496 e. The SMILES string of the molecule is CCOC1CCCN(C(CN)c2cc(Br)ccc2OC)C1. The lowest BCUT2D eigenvalue weighted by molar-refractivity contribution is -0.00686. The van der Waals surface area contributed by atoms with Crippen LogP contribution in [0.1, 0.15) is 31.4 Å². The lowest BCUT2D eigenvalue weighted by Gasteiger charge is -2.38. The third kappa shape index (κ3) is 4.19. The molecule has 2 atom stereocenters. The second-order valence-electron chi connectivity index (χ2n) is 5.35. The van der Waals surface area contributed by atoms with Gasteiger partial charge in [-0.05, 0) is 44.5 Å². The molecular weight excluding hydrogens is 332 g/mol. The Labute approximate surface area is 135 Å². The molecule has 118 valence electrons. The van der Waals surface area contributed by atoms with Crippen molar-refractivity contribution in [3.63, 3.8) is 0 Å². The summed E-state index contributed by atoms with van der Waals surface area (Å²) in [5, 5.41) is 0. The van der Waals surface area contributed by atoms with Gasteiger partial charge in [0.15, 0.2) is 0 Å². The fourth-order valence-electron chi connectivity index (χ4n) is 3.06. The molecule has 1 aliphatic heterocycles. The van der Waals surface area contributed by atoms with Crippen molar-refractivity contribution in [1.82, 2.24) is 4.90 Å². The third-order valence-electron chi connectivity index (χ3n) is 4.03. The summed E-state index contributed by atoms with van der Waals surface area (Å²) >= 11 is 3.54. The van der Waals surface area contributed by atoms with E-state index in [9.17, 15) is 0 Å². The Morgan fingerprint density at radius 1 is 1.48 bits per heavy atom. The zero-order valence-electron chi connectivity index (χ0n) is 12.8. The molecule has 0 spiro atoms. The molecule has 1 fully saturated rings. The van der Waals surface area contributed by atoms with Gasteiger partial charge < -0.3 is 15.2 Å². The minimum Gasteiger partial charge on any atom is -0.496 e. The van der Waals surface area contributed by atoms with Crippen LogP contribution in [0.15, 0.2) is 22.7 Å². The van der Waals surface area contributed by atoms with Crippen LogP contribution in [0.5, 0.6) is 5.75 Å². The second kappa shape index (κ2) is 8.13. The summed E-state index contributed by atoms with van der Waals surface area (Å²) in [6.07, 6.45) is 2.60. The molecule has 2 rings (SSSR count). The Morgan fingerprint density at radius 2 is 2.29 bits per heavy atom. The number of piperidine rings is 1. The van der Waals surface area contributed by atoms with Gasteiger partial charge in [0.25, 0.3) is 0 Å². The molecule has 1 saturated heterocycles. The summed E-state index contributed by atoms with van der Waals surface area (Å²) in [6, 6.07) is 6.27. The number of rotatable bonds is 6. The first-order valence-corrected chi connectivity index (χ1v) is 8.38. The van der Waals surface area contributed by atoms with E-state index < -0.39 is 0 Å². The van der Waals surface area contributed by atoms with E-state index in [0.717, 1.165) is 48.3 Å². The molecule has 4 nitrogen and oxygen atoms in total. The predicted octanol–water partition coefficient (Wildman–Crippen LogP) is 2.96. The van der Waals surface area contributed by atoms with E-state index in [1.165, 1.54) is 0 Å². The molecule has 0 aliphatic carbocycles. The van der Waals surface area contributed by atoms with Gasteiger partial charge in [0, 0.05) is 29.7 Å². The van der Waals surface area contributed by atoms with E-state index in [1.807, 2.05) is 12.1 Å². The molecule has 5 heteroatoms. The fraction of sp³-hybridized carbons (Fsp3) is 0.625. The number of nitrogens with zero attached hydrogens (tertiary/aromatic N) is 1. The van der Waals surface area contributed by atoms with Crippen molar-refractivity contribution < 1.29 is 9.47 Å². The fourth-order valence-corrected chi connectivity index (χ4v) is 3.44. The topological polar surface area (TPSA) is 47.7 Å². The highest BCUT2D eigenvalue weighted by Crippen LogP contribution is 2.33. The average Bonchev–Trinajstić information content (AvgIpc) is 2.49. The summed E-state index contributed by atoms with van der Waals surface area (Å²) < 4.78 is 12.4. The molecule has 1 aliphatic rings. The van der Waals surface area contributed by atoms with Crippen LogP contribution in [0.2, 0.25) is 0 Å². The van der Waals surface area contributed by atoms with Crippen molar-refractivity contribution in [2.45, 2.75) is 31.9 Å². The van der Waals surface area contributed by atoms with Crippen LogP contribution in [-0.2, 0) is 4.74 Å². The quantitative estimate of drug-likeness (QED) is 0.851. The van der Waals surface area contributed by atoms with Gasteiger partial charge in [-0.15, -0.1) is 0 Å². The molecular formula is C16H25BrN2O2. The van der Waals surface area contributed by atoms with Gasteiger partial charge >= 0.3 is 0 Å². The molecule has 2 N–H and O–H groups in total. The smallest absolute Gasteiger partial charge is 0.123 e. The first kappa shape index (κ1) is 16.7. The van der Waals surface area contributed by atoms with Gasteiger partial charge in [-0.3, -0.25) is 4.90 Å². The maximum atomic E-state index is 6.08. The van der Waals surface area contributed by atoms with Crippen molar-refractivity contribution in [3.8, 4) is 5.75 Å². The first-order chi connectivity index (χ1) is 10.2. The van der Waals surface area contributed by atoms with Crippen molar-refractivity contribution in [3.05, 3.63) is 28.2 Å². The van der Waals surface area contributed by atoms with Crippen molar-refractivity contribution in [2.75, 3.05) is 33.4 Å². The Kier molecular flexibility index (Phi) is 6.48. The van der Waals surface area contributed by atoms with Crippen molar-refractivity contribution in [1.29, 1.82) is 0 Å². The standard InChI is InChI=1S/C16H25BrN2O2/c1-3-21-13-5-4-8-19(11-13)15(10-18)14-9-12(17)6-7-16(14)20-2/h6-7,9,13,15H,3-5,8,10-11,18H2,1-2H3. The highest BCUT2D eigenvalue weighted by Gasteiger charge is 2.28. The van der Waals surface area contributed by atoms with E-state index in [-0.39, 0.29) is 6.04 Å². The monoisotopic (exact) mass is 356 g/mol. The first-order valence-electron chi connectivity index (χ1n) is 7.58. The predicted molar refractivity (Wildman–Crippen MR) is 88.7 cm³/mol. The number of benzene rings is 1.